The molecule has 0 saturated carbocycles. The minimum atomic E-state index is -0.727. The summed E-state index contributed by atoms with van der Waals surface area (Å²) in [6.07, 6.45) is 3.21. The van der Waals surface area contributed by atoms with Crippen LogP contribution in [0.4, 0.5) is 5.82 Å². The Balaban J connectivity index is 1.18. The minimum Gasteiger partial charge on any atom is -0.459 e. The molecule has 238 valence electrons. The number of nitrogens with zero attached hydrogens (tertiary/aromatic N) is 4. The Labute approximate surface area is 271 Å². The van der Waals surface area contributed by atoms with Crippen molar-refractivity contribution >= 4 is 34.7 Å². The molecule has 2 aliphatic rings. The highest BCUT2D eigenvalue weighted by atomic mass is 16.6. The summed E-state index contributed by atoms with van der Waals surface area (Å²) in [4.78, 5) is 50.6. The zero-order chi connectivity index (χ0) is 32.5. The lowest BCUT2D eigenvalue weighted by atomic mass is 10.1. The van der Waals surface area contributed by atoms with Crippen LogP contribution in [-0.2, 0) is 20.6 Å². The lowest BCUT2D eigenvalue weighted by Crippen LogP contribution is -2.32. The van der Waals surface area contributed by atoms with Crippen molar-refractivity contribution in [1.29, 1.82) is 0 Å². The van der Waals surface area contributed by atoms with Gasteiger partial charge in [-0.2, -0.15) is 0 Å². The topological polar surface area (TPSA) is 113 Å². The first-order valence-corrected chi connectivity index (χ1v) is 15.7. The van der Waals surface area contributed by atoms with Gasteiger partial charge in [-0.1, -0.05) is 53.6 Å². The molecule has 2 aliphatic heterocycles. The molecule has 0 N–H and O–H groups in total. The summed E-state index contributed by atoms with van der Waals surface area (Å²) in [6, 6.07) is 23.4. The molecule has 0 radical (unpaired) electrons. The Morgan fingerprint density at radius 3 is 2.23 bits per heavy atom. The Bertz CT molecular complexity index is 1940. The average molecular weight is 631 g/mol. The number of aryl methyl sites for hydroxylation is 3. The number of esters is 2. The molecule has 47 heavy (non-hydrogen) atoms. The van der Waals surface area contributed by atoms with Crippen molar-refractivity contribution < 1.29 is 28.6 Å². The molecule has 0 bridgehead atoms. The molecule has 1 saturated heterocycles. The third kappa shape index (κ3) is 6.12. The summed E-state index contributed by atoms with van der Waals surface area (Å²) >= 11 is 0. The van der Waals surface area contributed by atoms with Crippen molar-refractivity contribution in [3.05, 3.63) is 125 Å². The smallest absolute Gasteiger partial charge is 0.338 e. The molecule has 4 heterocycles. The van der Waals surface area contributed by atoms with Gasteiger partial charge in [-0.3, -0.25) is 9.69 Å². The van der Waals surface area contributed by atoms with Gasteiger partial charge >= 0.3 is 11.9 Å². The van der Waals surface area contributed by atoms with Crippen molar-refractivity contribution in [3.63, 3.8) is 0 Å². The fourth-order valence-electron chi connectivity index (χ4n) is 6.20. The third-order valence-corrected chi connectivity index (χ3v) is 8.72. The number of rotatable bonds is 7. The molecule has 3 aromatic carbocycles. The molecule has 0 unspecified atom stereocenters. The van der Waals surface area contributed by atoms with E-state index in [-0.39, 0.29) is 12.5 Å². The van der Waals surface area contributed by atoms with Crippen molar-refractivity contribution in [2.45, 2.75) is 51.5 Å². The van der Waals surface area contributed by atoms with Crippen LogP contribution in [0.2, 0.25) is 0 Å². The van der Waals surface area contributed by atoms with E-state index in [0.717, 1.165) is 34.9 Å². The van der Waals surface area contributed by atoms with Crippen LogP contribution < -0.4 is 4.90 Å². The van der Waals surface area contributed by atoms with E-state index in [9.17, 15) is 14.4 Å². The number of hydrogen-bond acceptors (Lipinski definition) is 8. The summed E-state index contributed by atoms with van der Waals surface area (Å²) in [6.45, 7) is 4.31. The fourth-order valence-corrected chi connectivity index (χ4v) is 6.20. The monoisotopic (exact) mass is 630 g/mol. The highest BCUT2D eigenvalue weighted by Gasteiger charge is 2.41. The van der Waals surface area contributed by atoms with E-state index < -0.39 is 30.4 Å². The van der Waals surface area contributed by atoms with Gasteiger partial charge in [-0.05, 0) is 68.7 Å². The largest absolute Gasteiger partial charge is 0.459 e. The van der Waals surface area contributed by atoms with Gasteiger partial charge in [0, 0.05) is 24.7 Å². The van der Waals surface area contributed by atoms with Crippen LogP contribution in [0.25, 0.3) is 11.0 Å². The van der Waals surface area contributed by atoms with Gasteiger partial charge in [0.2, 0.25) is 0 Å². The SMILES string of the molecule is Cc1ccc(C(=O)OC[C@H]2O[C@@H](n3cc4c5c(ncnc53)N(C(=O)c3ccccc3)CCC4)C[C@@H]2OC(=O)c2ccc(C)cc2)cc1. The molecule has 1 fully saturated rings. The maximum atomic E-state index is 13.6. The molecule has 1 amide bonds. The number of ether oxygens (including phenoxy) is 3. The Morgan fingerprint density at radius 1 is 0.851 bits per heavy atom. The van der Waals surface area contributed by atoms with Gasteiger partial charge in [0.05, 0.1) is 16.5 Å². The Hall–Kier alpha value is -5.35. The summed E-state index contributed by atoms with van der Waals surface area (Å²) in [5.41, 5.74) is 5.11. The van der Waals surface area contributed by atoms with E-state index in [0.29, 0.717) is 41.1 Å². The van der Waals surface area contributed by atoms with Gasteiger partial charge in [0.25, 0.3) is 5.91 Å². The molecule has 5 aromatic rings. The maximum absolute atomic E-state index is 13.6. The number of hydrogen-bond donors (Lipinski definition) is 0. The van der Waals surface area contributed by atoms with E-state index >= 15 is 0 Å². The quantitative estimate of drug-likeness (QED) is 0.201. The molecule has 0 aliphatic carbocycles. The first kappa shape index (κ1) is 30.3. The number of anilines is 1. The lowest BCUT2D eigenvalue weighted by Gasteiger charge is -2.21. The second kappa shape index (κ2) is 12.8. The molecular formula is C37H34N4O6. The second-order valence-electron chi connectivity index (χ2n) is 12.0. The van der Waals surface area contributed by atoms with Crippen LogP contribution >= 0.6 is 0 Å². The van der Waals surface area contributed by atoms with Crippen molar-refractivity contribution in [3.8, 4) is 0 Å². The van der Waals surface area contributed by atoms with Gasteiger partial charge < -0.3 is 18.8 Å². The molecular weight excluding hydrogens is 596 g/mol. The van der Waals surface area contributed by atoms with Gasteiger partial charge in [0.15, 0.2) is 0 Å². The van der Waals surface area contributed by atoms with Crippen LogP contribution in [0.5, 0.6) is 0 Å². The zero-order valence-corrected chi connectivity index (χ0v) is 26.2. The lowest BCUT2D eigenvalue weighted by molar-refractivity contribution is -0.0562. The van der Waals surface area contributed by atoms with Crippen LogP contribution in [0, 0.1) is 13.8 Å². The summed E-state index contributed by atoms with van der Waals surface area (Å²) in [5.74, 6) is -0.542. The van der Waals surface area contributed by atoms with Crippen molar-refractivity contribution in [1.82, 2.24) is 14.5 Å². The number of carbonyl (C=O) groups is 3. The summed E-state index contributed by atoms with van der Waals surface area (Å²) in [7, 11) is 0. The number of benzene rings is 3. The van der Waals surface area contributed by atoms with Crippen LogP contribution in [0.3, 0.4) is 0 Å². The molecule has 10 heteroatoms. The van der Waals surface area contributed by atoms with Gasteiger partial charge in [-0.15, -0.1) is 0 Å². The standard InChI is InChI=1S/C37H34N4O6/c1-23-10-14-26(15-11-23)36(43)45-21-30-29(47-37(44)27-16-12-24(2)13-17-27)19-31(46-30)41-20-28-9-6-18-40(33-32(28)34(41)39-22-38-33)35(42)25-7-4-3-5-8-25/h3-5,7-8,10-17,20,22,29-31H,6,9,18-19,21H2,1-2H3/t29-,30+,31+/m0/s1. The van der Waals surface area contributed by atoms with Crippen LogP contribution in [-0.4, -0.2) is 57.7 Å². The van der Waals surface area contributed by atoms with Crippen LogP contribution in [0.1, 0.15) is 66.8 Å². The van der Waals surface area contributed by atoms with E-state index in [1.54, 1.807) is 41.3 Å². The average Bonchev–Trinajstić information content (AvgIpc) is 3.61. The normalized spacial score (nSPS) is 18.9. The maximum Gasteiger partial charge on any atom is 0.338 e. The highest BCUT2D eigenvalue weighted by molar-refractivity contribution is 6.10. The molecule has 3 atom stereocenters. The molecule has 7 rings (SSSR count). The first-order valence-electron chi connectivity index (χ1n) is 15.7. The zero-order valence-electron chi connectivity index (χ0n) is 26.2. The predicted octanol–water partition coefficient (Wildman–Crippen LogP) is 6.01. The molecule has 0 spiro atoms. The van der Waals surface area contributed by atoms with Crippen LogP contribution in [0.15, 0.2) is 91.4 Å². The number of carbonyl (C=O) groups excluding carboxylic acids is 3. The minimum absolute atomic E-state index is 0.110. The summed E-state index contributed by atoms with van der Waals surface area (Å²) in [5, 5.41) is 0.792. The Kier molecular flexibility index (Phi) is 8.26. The fraction of sp³-hybridized carbons (Fsp3) is 0.270. The number of amides is 1. The van der Waals surface area contributed by atoms with E-state index in [4.69, 9.17) is 14.2 Å². The van der Waals surface area contributed by atoms with Crippen molar-refractivity contribution in [2.75, 3.05) is 18.1 Å². The molecule has 2 aromatic heterocycles. The summed E-state index contributed by atoms with van der Waals surface area (Å²) < 4.78 is 20.1. The van der Waals surface area contributed by atoms with Gasteiger partial charge in [0.1, 0.15) is 42.8 Å². The molecule has 10 nitrogen and oxygen atoms in total. The van der Waals surface area contributed by atoms with E-state index in [1.807, 2.05) is 67.1 Å². The third-order valence-electron chi connectivity index (χ3n) is 8.72. The van der Waals surface area contributed by atoms with E-state index in [2.05, 4.69) is 9.97 Å². The highest BCUT2D eigenvalue weighted by Crippen LogP contribution is 2.39. The number of aromatic nitrogens is 3. The Morgan fingerprint density at radius 2 is 1.53 bits per heavy atom. The van der Waals surface area contributed by atoms with Gasteiger partial charge in [-0.25, -0.2) is 19.6 Å². The first-order chi connectivity index (χ1) is 22.9. The predicted molar refractivity (Wildman–Crippen MR) is 174 cm³/mol. The van der Waals surface area contributed by atoms with E-state index in [1.165, 1.54) is 6.33 Å². The van der Waals surface area contributed by atoms with Crippen molar-refractivity contribution in [2.24, 2.45) is 0 Å². The second-order valence-corrected chi connectivity index (χ2v) is 12.0.